The van der Waals surface area contributed by atoms with Crippen LogP contribution in [0.5, 0.6) is 0 Å². The Morgan fingerprint density at radius 1 is 1.15 bits per heavy atom. The van der Waals surface area contributed by atoms with Crippen LogP contribution in [0.4, 0.5) is 0 Å². The zero-order valence-electron chi connectivity index (χ0n) is 11.1. The molecule has 1 amide bonds. The van der Waals surface area contributed by atoms with Gasteiger partial charge in [-0.15, -0.1) is 10.2 Å². The number of hydrogen-bond donors (Lipinski definition) is 1. The fraction of sp³-hybridized carbons (Fsp3) is 0.385. The van der Waals surface area contributed by atoms with Gasteiger partial charge in [0.05, 0.1) is 0 Å². The molecule has 0 saturated carbocycles. The first kappa shape index (κ1) is 12.7. The van der Waals surface area contributed by atoms with Crippen LogP contribution in [-0.4, -0.2) is 62.5 Å². The van der Waals surface area contributed by atoms with Crippen molar-refractivity contribution < 1.29 is 4.79 Å². The van der Waals surface area contributed by atoms with Crippen molar-refractivity contribution in [3.05, 3.63) is 41.7 Å². The molecule has 20 heavy (non-hydrogen) atoms. The van der Waals surface area contributed by atoms with E-state index in [9.17, 15) is 4.79 Å². The van der Waals surface area contributed by atoms with Crippen LogP contribution in [0.25, 0.3) is 0 Å². The molecule has 2 heterocycles. The van der Waals surface area contributed by atoms with E-state index in [1.165, 1.54) is 5.56 Å². The molecule has 3 rings (SSSR count). The highest BCUT2D eigenvalue weighted by molar-refractivity contribution is 5.90. The Balaban J connectivity index is 1.53. The molecule has 1 aromatic heterocycles. The van der Waals surface area contributed by atoms with Crippen LogP contribution < -0.4 is 0 Å². The molecule has 1 fully saturated rings. The Morgan fingerprint density at radius 3 is 2.55 bits per heavy atom. The molecule has 0 aliphatic carbocycles. The van der Waals surface area contributed by atoms with Crippen molar-refractivity contribution in [2.75, 3.05) is 26.2 Å². The summed E-state index contributed by atoms with van der Waals surface area (Å²) >= 11 is 0. The fourth-order valence-corrected chi connectivity index (χ4v) is 2.34. The van der Waals surface area contributed by atoms with Crippen LogP contribution >= 0.6 is 0 Å². The first-order valence-electron chi connectivity index (χ1n) is 6.62. The molecular formula is C13H16N6O. The molecule has 0 unspecified atom stereocenters. The van der Waals surface area contributed by atoms with Crippen LogP contribution in [0, 0.1) is 0 Å². The van der Waals surface area contributed by atoms with Crippen molar-refractivity contribution in [1.29, 1.82) is 0 Å². The summed E-state index contributed by atoms with van der Waals surface area (Å²) in [6.07, 6.45) is 0. The topological polar surface area (TPSA) is 78.0 Å². The molecule has 0 bridgehead atoms. The number of aromatic amines is 1. The lowest BCUT2D eigenvalue weighted by Crippen LogP contribution is -2.48. The van der Waals surface area contributed by atoms with Crippen LogP contribution in [-0.2, 0) is 6.54 Å². The van der Waals surface area contributed by atoms with Gasteiger partial charge in [-0.25, -0.2) is 0 Å². The number of nitrogens with zero attached hydrogens (tertiary/aromatic N) is 5. The average Bonchev–Trinajstić information content (AvgIpc) is 3.03. The number of tetrazole rings is 1. The van der Waals surface area contributed by atoms with Crippen molar-refractivity contribution in [2.45, 2.75) is 6.54 Å². The summed E-state index contributed by atoms with van der Waals surface area (Å²) in [4.78, 5) is 16.2. The normalized spacial score (nSPS) is 16.3. The Hall–Kier alpha value is -2.28. The van der Waals surface area contributed by atoms with Crippen molar-refractivity contribution in [2.24, 2.45) is 0 Å². The number of nitrogens with one attached hydrogen (secondary N) is 1. The molecule has 0 atom stereocenters. The fourth-order valence-electron chi connectivity index (χ4n) is 2.34. The van der Waals surface area contributed by atoms with Gasteiger partial charge in [0.1, 0.15) is 0 Å². The quantitative estimate of drug-likeness (QED) is 0.861. The van der Waals surface area contributed by atoms with E-state index >= 15 is 0 Å². The molecule has 2 aromatic rings. The van der Waals surface area contributed by atoms with Gasteiger partial charge in [0, 0.05) is 32.7 Å². The Bertz CT molecular complexity index is 548. The predicted octanol–water partition coefficient (Wildman–Crippen LogP) is 0.158. The Labute approximate surface area is 116 Å². The van der Waals surface area contributed by atoms with Gasteiger partial charge < -0.3 is 4.90 Å². The van der Waals surface area contributed by atoms with Gasteiger partial charge in [-0.05, 0) is 10.8 Å². The van der Waals surface area contributed by atoms with Crippen LogP contribution in [0.3, 0.4) is 0 Å². The first-order valence-corrected chi connectivity index (χ1v) is 6.62. The highest BCUT2D eigenvalue weighted by atomic mass is 16.2. The number of hydrogen-bond acceptors (Lipinski definition) is 5. The lowest BCUT2D eigenvalue weighted by atomic mass is 10.2. The van der Waals surface area contributed by atoms with E-state index in [2.05, 4.69) is 37.7 Å². The number of carbonyl (C=O) groups excluding carboxylic acids is 1. The number of amides is 1. The zero-order chi connectivity index (χ0) is 13.8. The van der Waals surface area contributed by atoms with Gasteiger partial charge >= 0.3 is 0 Å². The Morgan fingerprint density at radius 2 is 1.90 bits per heavy atom. The monoisotopic (exact) mass is 272 g/mol. The van der Waals surface area contributed by atoms with Crippen molar-refractivity contribution in [3.8, 4) is 0 Å². The maximum absolute atomic E-state index is 12.0. The largest absolute Gasteiger partial charge is 0.333 e. The molecule has 1 saturated heterocycles. The van der Waals surface area contributed by atoms with E-state index in [-0.39, 0.29) is 11.7 Å². The summed E-state index contributed by atoms with van der Waals surface area (Å²) in [6.45, 7) is 4.03. The van der Waals surface area contributed by atoms with Crippen molar-refractivity contribution >= 4 is 5.91 Å². The van der Waals surface area contributed by atoms with E-state index in [1.54, 1.807) is 4.90 Å². The van der Waals surface area contributed by atoms with Gasteiger partial charge in [0.15, 0.2) is 0 Å². The molecule has 1 aliphatic heterocycles. The third kappa shape index (κ3) is 2.83. The number of carbonyl (C=O) groups is 1. The van der Waals surface area contributed by atoms with Crippen LogP contribution in [0.1, 0.15) is 16.2 Å². The van der Waals surface area contributed by atoms with Gasteiger partial charge in [-0.1, -0.05) is 30.3 Å². The van der Waals surface area contributed by atoms with Crippen LogP contribution in [0.15, 0.2) is 30.3 Å². The number of H-pyrrole nitrogens is 1. The minimum Gasteiger partial charge on any atom is -0.333 e. The molecule has 0 spiro atoms. The van der Waals surface area contributed by atoms with E-state index in [4.69, 9.17) is 0 Å². The van der Waals surface area contributed by atoms with Crippen LogP contribution in [0.2, 0.25) is 0 Å². The highest BCUT2D eigenvalue weighted by Crippen LogP contribution is 2.09. The smallest absolute Gasteiger partial charge is 0.295 e. The molecule has 0 radical (unpaired) electrons. The minimum absolute atomic E-state index is 0.140. The summed E-state index contributed by atoms with van der Waals surface area (Å²) in [7, 11) is 0. The standard InChI is InChI=1S/C13H16N6O/c20-13(12-14-16-17-15-12)19-8-6-18(7-9-19)10-11-4-2-1-3-5-11/h1-5H,6-10H2,(H,14,15,16,17). The number of piperazine rings is 1. The lowest BCUT2D eigenvalue weighted by Gasteiger charge is -2.34. The van der Waals surface area contributed by atoms with E-state index in [1.807, 2.05) is 18.2 Å². The molecule has 1 aromatic carbocycles. The van der Waals surface area contributed by atoms with Gasteiger partial charge in [-0.3, -0.25) is 9.69 Å². The maximum atomic E-state index is 12.0. The number of benzene rings is 1. The zero-order valence-corrected chi connectivity index (χ0v) is 11.1. The predicted molar refractivity (Wildman–Crippen MR) is 71.8 cm³/mol. The van der Waals surface area contributed by atoms with E-state index in [0.29, 0.717) is 13.1 Å². The van der Waals surface area contributed by atoms with E-state index in [0.717, 1.165) is 19.6 Å². The SMILES string of the molecule is O=C(c1nn[nH]n1)N1CCN(Cc2ccccc2)CC1. The van der Waals surface area contributed by atoms with E-state index < -0.39 is 0 Å². The van der Waals surface area contributed by atoms with Gasteiger partial charge in [0.2, 0.25) is 0 Å². The lowest BCUT2D eigenvalue weighted by molar-refractivity contribution is 0.0616. The minimum atomic E-state index is -0.155. The highest BCUT2D eigenvalue weighted by Gasteiger charge is 2.24. The molecule has 1 N–H and O–H groups in total. The van der Waals surface area contributed by atoms with Crippen molar-refractivity contribution in [1.82, 2.24) is 30.4 Å². The third-order valence-corrected chi connectivity index (χ3v) is 3.45. The number of aromatic nitrogens is 4. The summed E-state index contributed by atoms with van der Waals surface area (Å²) in [6, 6.07) is 10.4. The molecule has 104 valence electrons. The second kappa shape index (κ2) is 5.79. The maximum Gasteiger partial charge on any atom is 0.295 e. The molecule has 7 heteroatoms. The second-order valence-electron chi connectivity index (χ2n) is 4.79. The third-order valence-electron chi connectivity index (χ3n) is 3.45. The molecule has 1 aliphatic rings. The van der Waals surface area contributed by atoms with Gasteiger partial charge in [-0.2, -0.15) is 5.21 Å². The Kier molecular flexibility index (Phi) is 3.69. The molecule has 7 nitrogen and oxygen atoms in total. The number of rotatable bonds is 3. The summed E-state index contributed by atoms with van der Waals surface area (Å²) in [5, 5.41) is 13.2. The summed E-state index contributed by atoms with van der Waals surface area (Å²) in [5.41, 5.74) is 1.30. The summed E-state index contributed by atoms with van der Waals surface area (Å²) in [5.74, 6) is -0.0142. The summed E-state index contributed by atoms with van der Waals surface area (Å²) < 4.78 is 0. The average molecular weight is 272 g/mol. The first-order chi connectivity index (χ1) is 9.83. The van der Waals surface area contributed by atoms with Crippen molar-refractivity contribution in [3.63, 3.8) is 0 Å². The van der Waals surface area contributed by atoms with Gasteiger partial charge in [0.25, 0.3) is 11.7 Å². The second-order valence-corrected chi connectivity index (χ2v) is 4.79. The molecular weight excluding hydrogens is 256 g/mol.